The van der Waals surface area contributed by atoms with Crippen molar-refractivity contribution in [2.24, 2.45) is 5.73 Å². The van der Waals surface area contributed by atoms with Crippen molar-refractivity contribution in [2.45, 2.75) is 24.3 Å². The van der Waals surface area contributed by atoms with Crippen LogP contribution in [0.3, 0.4) is 0 Å². The molecule has 0 atom stereocenters. The summed E-state index contributed by atoms with van der Waals surface area (Å²) in [6.45, 7) is 0. The second-order valence-corrected chi connectivity index (χ2v) is 4.97. The summed E-state index contributed by atoms with van der Waals surface area (Å²) in [6, 6.07) is 9.44. The number of aliphatic carboxylic acids is 1. The molecule has 2 aromatic rings. The van der Waals surface area contributed by atoms with Crippen LogP contribution in [0.5, 0.6) is 0 Å². The summed E-state index contributed by atoms with van der Waals surface area (Å²) in [5.74, 6) is -0.785. The molecule has 0 radical (unpaired) electrons. The lowest BCUT2D eigenvalue weighted by atomic mass is 9.62. The largest absolute Gasteiger partial charge is 0.481 e. The smallest absolute Gasteiger partial charge is 0.314 e. The minimum absolute atomic E-state index is 0.00862. The molecule has 4 heteroatoms. The first kappa shape index (κ1) is 11.2. The highest BCUT2D eigenvalue weighted by atomic mass is 16.4. The number of aromatic nitrogens is 1. The van der Waals surface area contributed by atoms with Gasteiger partial charge in [-0.3, -0.25) is 9.78 Å². The molecule has 1 saturated carbocycles. The summed E-state index contributed by atoms with van der Waals surface area (Å²) in [5.41, 5.74) is 6.67. The number of carboxylic acid groups (broad SMARTS) is 1. The van der Waals surface area contributed by atoms with Crippen molar-refractivity contribution in [1.29, 1.82) is 0 Å². The van der Waals surface area contributed by atoms with E-state index >= 15 is 0 Å². The van der Waals surface area contributed by atoms with E-state index in [1.54, 1.807) is 6.20 Å². The Morgan fingerprint density at radius 2 is 2.17 bits per heavy atom. The molecule has 92 valence electrons. The number of nitrogens with two attached hydrogens (primary N) is 1. The maximum absolute atomic E-state index is 11.5. The first-order valence-electron chi connectivity index (χ1n) is 5.96. The van der Waals surface area contributed by atoms with Gasteiger partial charge in [-0.2, -0.15) is 0 Å². The number of benzene rings is 1. The quantitative estimate of drug-likeness (QED) is 0.840. The van der Waals surface area contributed by atoms with Crippen molar-refractivity contribution >= 4 is 16.9 Å². The van der Waals surface area contributed by atoms with E-state index in [-0.39, 0.29) is 6.04 Å². The zero-order valence-electron chi connectivity index (χ0n) is 9.84. The molecule has 0 spiro atoms. The fraction of sp³-hybridized carbons (Fsp3) is 0.286. The molecular formula is C14H14N2O2. The van der Waals surface area contributed by atoms with Gasteiger partial charge in [0.25, 0.3) is 0 Å². The molecule has 1 aliphatic carbocycles. The van der Waals surface area contributed by atoms with Crippen molar-refractivity contribution in [3.05, 3.63) is 42.1 Å². The summed E-state index contributed by atoms with van der Waals surface area (Å²) in [5, 5.41) is 10.4. The molecule has 1 fully saturated rings. The Kier molecular flexibility index (Phi) is 2.35. The number of nitrogens with zero attached hydrogens (tertiary/aromatic N) is 1. The van der Waals surface area contributed by atoms with Crippen molar-refractivity contribution < 1.29 is 9.90 Å². The average molecular weight is 242 g/mol. The van der Waals surface area contributed by atoms with E-state index in [9.17, 15) is 9.90 Å². The SMILES string of the molecule is NC1CC(C(=O)O)(c2ccc3ncccc3c2)C1. The van der Waals surface area contributed by atoms with E-state index in [2.05, 4.69) is 4.98 Å². The molecule has 0 aliphatic heterocycles. The van der Waals surface area contributed by atoms with Gasteiger partial charge in [0, 0.05) is 17.6 Å². The molecule has 18 heavy (non-hydrogen) atoms. The molecule has 4 nitrogen and oxygen atoms in total. The monoisotopic (exact) mass is 242 g/mol. The van der Waals surface area contributed by atoms with Crippen molar-refractivity contribution in [1.82, 2.24) is 4.98 Å². The van der Waals surface area contributed by atoms with Crippen LogP contribution in [0.15, 0.2) is 36.5 Å². The van der Waals surface area contributed by atoms with Gasteiger partial charge in [-0.15, -0.1) is 0 Å². The van der Waals surface area contributed by atoms with Crippen LogP contribution in [0.1, 0.15) is 18.4 Å². The maximum Gasteiger partial charge on any atom is 0.314 e. The number of hydrogen-bond acceptors (Lipinski definition) is 3. The zero-order chi connectivity index (χ0) is 12.8. The third-order valence-electron chi connectivity index (χ3n) is 3.79. The summed E-state index contributed by atoms with van der Waals surface area (Å²) in [6.07, 6.45) is 2.75. The molecule has 1 aromatic heterocycles. The van der Waals surface area contributed by atoms with Crippen LogP contribution < -0.4 is 5.73 Å². The minimum atomic E-state index is -0.802. The van der Waals surface area contributed by atoms with Crippen molar-refractivity contribution in [3.8, 4) is 0 Å². The third kappa shape index (κ3) is 1.49. The lowest BCUT2D eigenvalue weighted by Gasteiger charge is -2.43. The molecule has 1 aliphatic rings. The minimum Gasteiger partial charge on any atom is -0.481 e. The fourth-order valence-corrected chi connectivity index (χ4v) is 2.74. The highest BCUT2D eigenvalue weighted by Crippen LogP contribution is 2.43. The van der Waals surface area contributed by atoms with E-state index in [4.69, 9.17) is 5.73 Å². The number of carboxylic acids is 1. The Hall–Kier alpha value is -1.94. The standard InChI is InChI=1S/C14H14N2O2/c15-11-7-14(8-11,13(17)18)10-3-4-12-9(6-10)2-1-5-16-12/h1-6,11H,7-8,15H2,(H,17,18). The predicted molar refractivity (Wildman–Crippen MR) is 68.3 cm³/mol. The normalized spacial score (nSPS) is 26.8. The first-order chi connectivity index (χ1) is 8.62. The maximum atomic E-state index is 11.5. The third-order valence-corrected chi connectivity index (χ3v) is 3.79. The van der Waals surface area contributed by atoms with Gasteiger partial charge in [0.2, 0.25) is 0 Å². The van der Waals surface area contributed by atoms with Crippen LogP contribution in [0.2, 0.25) is 0 Å². The predicted octanol–water partition coefficient (Wildman–Crippen LogP) is 1.68. The zero-order valence-corrected chi connectivity index (χ0v) is 9.84. The number of carbonyl (C=O) groups is 1. The van der Waals surface area contributed by atoms with Crippen molar-refractivity contribution in [2.75, 3.05) is 0 Å². The summed E-state index contributed by atoms with van der Waals surface area (Å²) in [7, 11) is 0. The summed E-state index contributed by atoms with van der Waals surface area (Å²) in [4.78, 5) is 15.8. The van der Waals surface area contributed by atoms with E-state index in [1.807, 2.05) is 30.3 Å². The average Bonchev–Trinajstić information content (AvgIpc) is 2.34. The van der Waals surface area contributed by atoms with Crippen LogP contribution in [0.4, 0.5) is 0 Å². The Morgan fingerprint density at radius 1 is 1.39 bits per heavy atom. The highest BCUT2D eigenvalue weighted by Gasteiger charge is 2.50. The van der Waals surface area contributed by atoms with E-state index in [0.717, 1.165) is 16.5 Å². The molecule has 0 saturated heterocycles. The van der Waals surface area contributed by atoms with E-state index in [1.165, 1.54) is 0 Å². The molecule has 3 N–H and O–H groups in total. The van der Waals surface area contributed by atoms with Gasteiger partial charge >= 0.3 is 5.97 Å². The molecule has 0 unspecified atom stereocenters. The van der Waals surface area contributed by atoms with Crippen LogP contribution in [-0.2, 0) is 10.2 Å². The molecule has 0 amide bonds. The Labute approximate surface area is 104 Å². The van der Waals surface area contributed by atoms with Gasteiger partial charge in [-0.25, -0.2) is 0 Å². The number of hydrogen-bond donors (Lipinski definition) is 2. The Balaban J connectivity index is 2.11. The van der Waals surface area contributed by atoms with Gasteiger partial charge in [0.05, 0.1) is 10.9 Å². The molecule has 1 heterocycles. The van der Waals surface area contributed by atoms with Crippen LogP contribution in [0.25, 0.3) is 10.9 Å². The van der Waals surface area contributed by atoms with Crippen LogP contribution >= 0.6 is 0 Å². The van der Waals surface area contributed by atoms with Crippen LogP contribution in [0, 0.1) is 0 Å². The number of pyridine rings is 1. The first-order valence-corrected chi connectivity index (χ1v) is 5.96. The molecule has 1 aromatic carbocycles. The molecular weight excluding hydrogens is 228 g/mol. The fourth-order valence-electron chi connectivity index (χ4n) is 2.74. The lowest BCUT2D eigenvalue weighted by Crippen LogP contribution is -2.54. The summed E-state index contributed by atoms with van der Waals surface area (Å²) < 4.78 is 0. The van der Waals surface area contributed by atoms with Gasteiger partial charge in [-0.05, 0) is 36.6 Å². The van der Waals surface area contributed by atoms with Gasteiger partial charge < -0.3 is 10.8 Å². The number of fused-ring (bicyclic) bond motifs is 1. The second kappa shape index (κ2) is 3.78. The molecule has 3 rings (SSSR count). The van der Waals surface area contributed by atoms with Gasteiger partial charge in [-0.1, -0.05) is 12.1 Å². The molecule has 0 bridgehead atoms. The lowest BCUT2D eigenvalue weighted by molar-refractivity contribution is -0.148. The number of rotatable bonds is 2. The summed E-state index contributed by atoms with van der Waals surface area (Å²) >= 11 is 0. The van der Waals surface area contributed by atoms with Crippen LogP contribution in [-0.4, -0.2) is 22.1 Å². The Morgan fingerprint density at radius 3 is 2.83 bits per heavy atom. The Bertz CT molecular complexity index is 618. The van der Waals surface area contributed by atoms with Gasteiger partial charge in [0.15, 0.2) is 0 Å². The van der Waals surface area contributed by atoms with E-state index in [0.29, 0.717) is 12.8 Å². The topological polar surface area (TPSA) is 76.2 Å². The second-order valence-electron chi connectivity index (χ2n) is 4.97. The van der Waals surface area contributed by atoms with Gasteiger partial charge in [0.1, 0.15) is 0 Å². The van der Waals surface area contributed by atoms with E-state index < -0.39 is 11.4 Å². The highest BCUT2D eigenvalue weighted by molar-refractivity contribution is 5.86. The van der Waals surface area contributed by atoms with Crippen molar-refractivity contribution in [3.63, 3.8) is 0 Å².